The van der Waals surface area contributed by atoms with Crippen LogP contribution in [-0.4, -0.2) is 35.6 Å². The summed E-state index contributed by atoms with van der Waals surface area (Å²) < 4.78 is 0. The largest absolute Gasteiger partial charge is 0.394 e. The van der Waals surface area contributed by atoms with E-state index in [9.17, 15) is 14.7 Å². The van der Waals surface area contributed by atoms with Gasteiger partial charge >= 0.3 is 0 Å². The number of aliphatic hydroxyl groups excluding tert-OH is 1. The molecule has 1 rings (SSSR count). The van der Waals surface area contributed by atoms with Gasteiger partial charge in [0, 0.05) is 19.9 Å². The Bertz CT molecular complexity index is 299. The second kappa shape index (κ2) is 8.15. The number of nitrogens with one attached hydrogen (secondary N) is 2. The topological polar surface area (TPSA) is 78.4 Å². The smallest absolute Gasteiger partial charge is 0.220 e. The first-order chi connectivity index (χ1) is 9.08. The van der Waals surface area contributed by atoms with Crippen molar-refractivity contribution in [2.75, 3.05) is 13.2 Å². The Morgan fingerprint density at radius 2 is 1.84 bits per heavy atom. The first-order valence-corrected chi connectivity index (χ1v) is 7.24. The molecule has 0 aromatic carbocycles. The SMILES string of the molecule is CC(=O)NCCCCCC(=O)NC1(CO)CCCC1. The van der Waals surface area contributed by atoms with Crippen LogP contribution in [-0.2, 0) is 9.59 Å². The number of unbranched alkanes of at least 4 members (excludes halogenated alkanes) is 2. The van der Waals surface area contributed by atoms with Crippen LogP contribution in [0.5, 0.6) is 0 Å². The fourth-order valence-electron chi connectivity index (χ4n) is 2.58. The molecule has 1 saturated carbocycles. The predicted molar refractivity (Wildman–Crippen MR) is 73.6 cm³/mol. The van der Waals surface area contributed by atoms with Crippen molar-refractivity contribution in [2.24, 2.45) is 0 Å². The highest BCUT2D eigenvalue weighted by molar-refractivity contribution is 5.76. The van der Waals surface area contributed by atoms with Gasteiger partial charge in [0.15, 0.2) is 0 Å². The summed E-state index contributed by atoms with van der Waals surface area (Å²) in [4.78, 5) is 22.5. The Kier molecular flexibility index (Phi) is 6.84. The van der Waals surface area contributed by atoms with Gasteiger partial charge in [0.2, 0.25) is 11.8 Å². The van der Waals surface area contributed by atoms with Gasteiger partial charge in [0.1, 0.15) is 0 Å². The summed E-state index contributed by atoms with van der Waals surface area (Å²) in [5.74, 6) is 0.0272. The highest BCUT2D eigenvalue weighted by Gasteiger charge is 2.34. The third-order valence-electron chi connectivity index (χ3n) is 3.72. The van der Waals surface area contributed by atoms with E-state index >= 15 is 0 Å². The van der Waals surface area contributed by atoms with Crippen LogP contribution in [0.2, 0.25) is 0 Å². The molecule has 0 spiro atoms. The summed E-state index contributed by atoms with van der Waals surface area (Å²) in [6.45, 7) is 2.22. The van der Waals surface area contributed by atoms with Crippen molar-refractivity contribution in [1.29, 1.82) is 0 Å². The average Bonchev–Trinajstić information content (AvgIpc) is 2.82. The van der Waals surface area contributed by atoms with Crippen LogP contribution in [0.25, 0.3) is 0 Å². The quantitative estimate of drug-likeness (QED) is 0.578. The Labute approximate surface area is 115 Å². The molecule has 0 radical (unpaired) electrons. The molecule has 5 nitrogen and oxygen atoms in total. The van der Waals surface area contributed by atoms with Gasteiger partial charge in [-0.05, 0) is 25.7 Å². The molecular weight excluding hydrogens is 244 g/mol. The number of rotatable bonds is 8. The second-order valence-electron chi connectivity index (χ2n) is 5.49. The zero-order chi connectivity index (χ0) is 14.1. The summed E-state index contributed by atoms with van der Waals surface area (Å²) in [6, 6.07) is 0. The van der Waals surface area contributed by atoms with Crippen molar-refractivity contribution in [1.82, 2.24) is 10.6 Å². The molecule has 3 N–H and O–H groups in total. The highest BCUT2D eigenvalue weighted by Crippen LogP contribution is 2.29. The van der Waals surface area contributed by atoms with E-state index in [4.69, 9.17) is 0 Å². The molecule has 1 aliphatic carbocycles. The molecule has 1 aliphatic rings. The normalized spacial score (nSPS) is 17.2. The van der Waals surface area contributed by atoms with Gasteiger partial charge in [0.25, 0.3) is 0 Å². The van der Waals surface area contributed by atoms with Gasteiger partial charge < -0.3 is 15.7 Å². The summed E-state index contributed by atoms with van der Waals surface area (Å²) in [6.07, 6.45) is 7.09. The molecule has 5 heteroatoms. The third-order valence-corrected chi connectivity index (χ3v) is 3.72. The van der Waals surface area contributed by atoms with E-state index in [-0.39, 0.29) is 24.0 Å². The van der Waals surface area contributed by atoms with E-state index in [1.54, 1.807) is 0 Å². The molecule has 110 valence electrons. The van der Waals surface area contributed by atoms with Gasteiger partial charge in [-0.1, -0.05) is 19.3 Å². The summed E-state index contributed by atoms with van der Waals surface area (Å²) in [5.41, 5.74) is -0.354. The van der Waals surface area contributed by atoms with Gasteiger partial charge in [-0.2, -0.15) is 0 Å². The molecule has 0 atom stereocenters. The van der Waals surface area contributed by atoms with E-state index in [1.165, 1.54) is 6.92 Å². The molecule has 19 heavy (non-hydrogen) atoms. The Morgan fingerprint density at radius 3 is 2.42 bits per heavy atom. The minimum atomic E-state index is -0.354. The first kappa shape index (κ1) is 16.0. The lowest BCUT2D eigenvalue weighted by molar-refractivity contribution is -0.123. The lowest BCUT2D eigenvalue weighted by Crippen LogP contribution is -2.49. The molecule has 0 bridgehead atoms. The zero-order valence-electron chi connectivity index (χ0n) is 11.8. The molecule has 0 aliphatic heterocycles. The van der Waals surface area contributed by atoms with Crippen molar-refractivity contribution >= 4 is 11.8 Å². The molecule has 2 amide bonds. The molecular formula is C14H26N2O3. The number of hydrogen-bond acceptors (Lipinski definition) is 3. The first-order valence-electron chi connectivity index (χ1n) is 7.24. The number of amides is 2. The van der Waals surface area contributed by atoms with E-state index in [0.29, 0.717) is 13.0 Å². The standard InChI is InChI=1S/C14H26N2O3/c1-12(18)15-10-6-2-3-7-13(19)16-14(11-17)8-4-5-9-14/h17H,2-11H2,1H3,(H,15,18)(H,16,19). The molecule has 0 saturated heterocycles. The lowest BCUT2D eigenvalue weighted by atomic mass is 9.98. The van der Waals surface area contributed by atoms with Gasteiger partial charge in [-0.15, -0.1) is 0 Å². The molecule has 0 heterocycles. The van der Waals surface area contributed by atoms with Crippen molar-refractivity contribution in [3.05, 3.63) is 0 Å². The number of hydrogen-bond donors (Lipinski definition) is 3. The second-order valence-corrected chi connectivity index (χ2v) is 5.49. The van der Waals surface area contributed by atoms with Crippen molar-refractivity contribution in [3.8, 4) is 0 Å². The maximum absolute atomic E-state index is 11.8. The maximum Gasteiger partial charge on any atom is 0.220 e. The molecule has 1 fully saturated rings. The van der Waals surface area contributed by atoms with Crippen molar-refractivity contribution in [2.45, 2.75) is 63.8 Å². The van der Waals surface area contributed by atoms with E-state index in [0.717, 1.165) is 44.9 Å². The van der Waals surface area contributed by atoms with Crippen LogP contribution in [0.15, 0.2) is 0 Å². The number of aliphatic hydroxyl groups is 1. The minimum Gasteiger partial charge on any atom is -0.394 e. The van der Waals surface area contributed by atoms with E-state index in [1.807, 2.05) is 0 Å². The van der Waals surface area contributed by atoms with Crippen LogP contribution >= 0.6 is 0 Å². The average molecular weight is 270 g/mol. The minimum absolute atomic E-state index is 0.0103. The Morgan fingerprint density at radius 1 is 1.16 bits per heavy atom. The summed E-state index contributed by atoms with van der Waals surface area (Å²) in [5, 5.41) is 15.1. The lowest BCUT2D eigenvalue weighted by Gasteiger charge is -2.28. The monoisotopic (exact) mass is 270 g/mol. The maximum atomic E-state index is 11.8. The Balaban J connectivity index is 2.09. The molecule has 0 aromatic heterocycles. The van der Waals surface area contributed by atoms with Crippen LogP contribution < -0.4 is 10.6 Å². The van der Waals surface area contributed by atoms with Crippen molar-refractivity contribution < 1.29 is 14.7 Å². The van der Waals surface area contributed by atoms with Crippen LogP contribution in [0.1, 0.15) is 58.3 Å². The Hall–Kier alpha value is -1.10. The summed E-state index contributed by atoms with van der Waals surface area (Å²) in [7, 11) is 0. The van der Waals surface area contributed by atoms with Gasteiger partial charge in [-0.25, -0.2) is 0 Å². The molecule has 0 unspecified atom stereocenters. The van der Waals surface area contributed by atoms with Crippen LogP contribution in [0.4, 0.5) is 0 Å². The van der Waals surface area contributed by atoms with Gasteiger partial charge in [0.05, 0.1) is 12.1 Å². The van der Waals surface area contributed by atoms with E-state index < -0.39 is 0 Å². The van der Waals surface area contributed by atoms with Crippen molar-refractivity contribution in [3.63, 3.8) is 0 Å². The summed E-state index contributed by atoms with van der Waals surface area (Å²) >= 11 is 0. The predicted octanol–water partition coefficient (Wildman–Crippen LogP) is 1.10. The highest BCUT2D eigenvalue weighted by atomic mass is 16.3. The fraction of sp³-hybridized carbons (Fsp3) is 0.857. The zero-order valence-corrected chi connectivity index (χ0v) is 11.8. The van der Waals surface area contributed by atoms with Gasteiger partial charge in [-0.3, -0.25) is 9.59 Å². The van der Waals surface area contributed by atoms with E-state index in [2.05, 4.69) is 10.6 Å². The number of carbonyl (C=O) groups is 2. The van der Waals surface area contributed by atoms with Crippen LogP contribution in [0.3, 0.4) is 0 Å². The van der Waals surface area contributed by atoms with Crippen LogP contribution in [0, 0.1) is 0 Å². The molecule has 0 aromatic rings. The fourth-order valence-corrected chi connectivity index (χ4v) is 2.58. The number of carbonyl (C=O) groups excluding carboxylic acids is 2. The third kappa shape index (κ3) is 6.05.